The van der Waals surface area contributed by atoms with Crippen LogP contribution in [0, 0.1) is 11.6 Å². The van der Waals surface area contributed by atoms with Crippen LogP contribution in [0.3, 0.4) is 0 Å². The molecule has 6 heteroatoms. The molecule has 1 amide bonds. The van der Waals surface area contributed by atoms with Gasteiger partial charge in [0, 0.05) is 6.54 Å². The number of carbonyl (C=O) groups is 1. The Morgan fingerprint density at radius 3 is 2.56 bits per heavy atom. The van der Waals surface area contributed by atoms with Gasteiger partial charge in [0.2, 0.25) is 0 Å². The van der Waals surface area contributed by atoms with Gasteiger partial charge in [0.05, 0.1) is 4.47 Å². The van der Waals surface area contributed by atoms with Gasteiger partial charge in [-0.1, -0.05) is 6.07 Å². The molecule has 3 nitrogen and oxygen atoms in total. The lowest BCUT2D eigenvalue weighted by atomic mass is 10.2. The van der Waals surface area contributed by atoms with Crippen molar-refractivity contribution in [2.75, 3.05) is 0 Å². The third-order valence-electron chi connectivity index (χ3n) is 1.94. The smallest absolute Gasteiger partial charge is 0.407 e. The lowest BCUT2D eigenvalue weighted by Gasteiger charge is -2.19. The summed E-state index contributed by atoms with van der Waals surface area (Å²) in [6, 6.07) is 2.39. The second-order valence-corrected chi connectivity index (χ2v) is 5.48. The SMILES string of the molecule is CC(C)(C)OC(=O)NCc1ccc(F)c(F)c1Br. The van der Waals surface area contributed by atoms with Crippen LogP contribution in [0.1, 0.15) is 26.3 Å². The molecule has 0 fully saturated rings. The summed E-state index contributed by atoms with van der Waals surface area (Å²) in [6.07, 6.45) is -0.612. The molecule has 0 spiro atoms. The summed E-state index contributed by atoms with van der Waals surface area (Å²) in [5, 5.41) is 2.46. The number of hydrogen-bond acceptors (Lipinski definition) is 2. The number of alkyl carbamates (subject to hydrolysis) is 1. The van der Waals surface area contributed by atoms with Gasteiger partial charge in [-0.3, -0.25) is 0 Å². The molecular weight excluding hydrogens is 308 g/mol. The van der Waals surface area contributed by atoms with E-state index in [9.17, 15) is 13.6 Å². The van der Waals surface area contributed by atoms with Crippen LogP contribution in [-0.4, -0.2) is 11.7 Å². The Kier molecular flexibility index (Phi) is 4.67. The van der Waals surface area contributed by atoms with Gasteiger partial charge < -0.3 is 10.1 Å². The summed E-state index contributed by atoms with van der Waals surface area (Å²) in [5.74, 6) is -1.92. The van der Waals surface area contributed by atoms with Crippen LogP contribution in [0.25, 0.3) is 0 Å². The molecule has 0 aliphatic heterocycles. The van der Waals surface area contributed by atoms with Gasteiger partial charge in [-0.05, 0) is 48.3 Å². The average Bonchev–Trinajstić information content (AvgIpc) is 2.22. The van der Waals surface area contributed by atoms with Gasteiger partial charge in [-0.15, -0.1) is 0 Å². The van der Waals surface area contributed by atoms with E-state index in [0.29, 0.717) is 5.56 Å². The summed E-state index contributed by atoms with van der Waals surface area (Å²) < 4.78 is 31.1. The highest BCUT2D eigenvalue weighted by atomic mass is 79.9. The summed E-state index contributed by atoms with van der Waals surface area (Å²) in [6.45, 7) is 5.26. The zero-order valence-corrected chi connectivity index (χ0v) is 11.9. The molecule has 1 N–H and O–H groups in total. The van der Waals surface area contributed by atoms with E-state index >= 15 is 0 Å². The van der Waals surface area contributed by atoms with E-state index in [0.717, 1.165) is 6.07 Å². The van der Waals surface area contributed by atoms with Crippen LogP contribution in [0.2, 0.25) is 0 Å². The first-order valence-corrected chi connectivity index (χ1v) is 6.09. The molecule has 100 valence electrons. The highest BCUT2D eigenvalue weighted by Gasteiger charge is 2.17. The first-order valence-electron chi connectivity index (χ1n) is 5.30. The molecule has 0 atom stereocenters. The molecule has 0 saturated carbocycles. The Morgan fingerprint density at radius 2 is 2.00 bits per heavy atom. The zero-order valence-electron chi connectivity index (χ0n) is 10.3. The van der Waals surface area contributed by atoms with Gasteiger partial charge in [0.25, 0.3) is 0 Å². The van der Waals surface area contributed by atoms with E-state index < -0.39 is 23.3 Å². The minimum atomic E-state index is -0.974. The van der Waals surface area contributed by atoms with E-state index in [2.05, 4.69) is 21.2 Å². The molecule has 0 heterocycles. The van der Waals surface area contributed by atoms with Crippen molar-refractivity contribution < 1.29 is 18.3 Å². The predicted molar refractivity (Wildman–Crippen MR) is 67.1 cm³/mol. The second-order valence-electron chi connectivity index (χ2n) is 4.69. The molecule has 0 saturated heterocycles. The van der Waals surface area contributed by atoms with Gasteiger partial charge in [-0.25, -0.2) is 13.6 Å². The molecule has 0 bridgehead atoms. The molecule has 0 aromatic heterocycles. The number of hydrogen-bond donors (Lipinski definition) is 1. The van der Waals surface area contributed by atoms with Crippen LogP contribution in [0.4, 0.5) is 13.6 Å². The van der Waals surface area contributed by atoms with Gasteiger partial charge in [0.15, 0.2) is 11.6 Å². The van der Waals surface area contributed by atoms with E-state index in [1.807, 2.05) is 0 Å². The van der Waals surface area contributed by atoms with E-state index in [1.165, 1.54) is 6.07 Å². The number of ether oxygens (including phenoxy) is 1. The van der Waals surface area contributed by atoms with Crippen LogP contribution >= 0.6 is 15.9 Å². The normalized spacial score (nSPS) is 11.2. The summed E-state index contributed by atoms with van der Waals surface area (Å²) >= 11 is 2.94. The molecule has 0 aliphatic carbocycles. The first kappa shape index (κ1) is 14.9. The Morgan fingerprint density at radius 1 is 1.39 bits per heavy atom. The van der Waals surface area contributed by atoms with Crippen LogP contribution < -0.4 is 5.32 Å². The summed E-state index contributed by atoms with van der Waals surface area (Å²) in [7, 11) is 0. The summed E-state index contributed by atoms with van der Waals surface area (Å²) in [4.78, 5) is 11.4. The van der Waals surface area contributed by atoms with Crippen LogP contribution in [-0.2, 0) is 11.3 Å². The number of amides is 1. The van der Waals surface area contributed by atoms with Crippen LogP contribution in [0.15, 0.2) is 16.6 Å². The van der Waals surface area contributed by atoms with Crippen molar-refractivity contribution in [1.82, 2.24) is 5.32 Å². The monoisotopic (exact) mass is 321 g/mol. The largest absolute Gasteiger partial charge is 0.444 e. The fourth-order valence-electron chi connectivity index (χ4n) is 1.18. The van der Waals surface area contributed by atoms with E-state index in [4.69, 9.17) is 4.74 Å². The third-order valence-corrected chi connectivity index (χ3v) is 2.79. The number of carbonyl (C=O) groups excluding carboxylic acids is 1. The highest BCUT2D eigenvalue weighted by Crippen LogP contribution is 2.22. The molecule has 0 radical (unpaired) electrons. The minimum absolute atomic E-state index is 0.00133. The molecule has 1 aromatic rings. The van der Waals surface area contributed by atoms with Crippen molar-refractivity contribution in [1.29, 1.82) is 0 Å². The summed E-state index contributed by atoms with van der Waals surface area (Å²) in [5.41, 5.74) is -0.171. The fraction of sp³-hybridized carbons (Fsp3) is 0.417. The Bertz CT molecular complexity index is 458. The molecule has 1 aromatic carbocycles. The molecule has 1 rings (SSSR count). The predicted octanol–water partition coefficient (Wildman–Crippen LogP) is 3.75. The Hall–Kier alpha value is -1.17. The Balaban J connectivity index is 2.65. The lowest BCUT2D eigenvalue weighted by molar-refractivity contribution is 0.0523. The van der Waals surface area contributed by atoms with Gasteiger partial charge in [0.1, 0.15) is 5.60 Å². The maximum atomic E-state index is 13.2. The topological polar surface area (TPSA) is 38.3 Å². The molecule has 18 heavy (non-hydrogen) atoms. The lowest BCUT2D eigenvalue weighted by Crippen LogP contribution is -2.32. The Labute approximate surface area is 113 Å². The zero-order chi connectivity index (χ0) is 13.9. The van der Waals surface area contributed by atoms with Crippen molar-refractivity contribution in [3.63, 3.8) is 0 Å². The number of benzene rings is 1. The number of rotatable bonds is 2. The fourth-order valence-corrected chi connectivity index (χ4v) is 1.65. The number of halogens is 3. The highest BCUT2D eigenvalue weighted by molar-refractivity contribution is 9.10. The van der Waals surface area contributed by atoms with Gasteiger partial charge >= 0.3 is 6.09 Å². The third kappa shape index (κ3) is 4.25. The quantitative estimate of drug-likeness (QED) is 0.842. The van der Waals surface area contributed by atoms with Crippen molar-refractivity contribution in [3.05, 3.63) is 33.8 Å². The van der Waals surface area contributed by atoms with Crippen molar-refractivity contribution in [2.24, 2.45) is 0 Å². The van der Waals surface area contributed by atoms with E-state index in [1.54, 1.807) is 20.8 Å². The maximum absolute atomic E-state index is 13.2. The van der Waals surface area contributed by atoms with Crippen molar-refractivity contribution >= 4 is 22.0 Å². The average molecular weight is 322 g/mol. The molecule has 0 unspecified atom stereocenters. The molecule has 0 aliphatic rings. The second kappa shape index (κ2) is 5.65. The van der Waals surface area contributed by atoms with E-state index in [-0.39, 0.29) is 11.0 Å². The van der Waals surface area contributed by atoms with Crippen LogP contribution in [0.5, 0.6) is 0 Å². The maximum Gasteiger partial charge on any atom is 0.407 e. The van der Waals surface area contributed by atoms with Gasteiger partial charge in [-0.2, -0.15) is 0 Å². The van der Waals surface area contributed by atoms with Crippen molar-refractivity contribution in [2.45, 2.75) is 32.9 Å². The standard InChI is InChI=1S/C12H14BrF2NO2/c1-12(2,3)18-11(17)16-6-7-4-5-8(14)10(15)9(7)13/h4-5H,6H2,1-3H3,(H,16,17). The minimum Gasteiger partial charge on any atom is -0.444 e. The first-order chi connectivity index (χ1) is 8.20. The number of nitrogens with one attached hydrogen (secondary N) is 1. The molecular formula is C12H14BrF2NO2. The van der Waals surface area contributed by atoms with Crippen molar-refractivity contribution in [3.8, 4) is 0 Å².